The Morgan fingerprint density at radius 3 is 2.21 bits per heavy atom. The van der Waals surface area contributed by atoms with Crippen molar-refractivity contribution >= 4 is 12.1 Å². The standard InChI is InChI=1S/C9H12N3O2/c1-5-6(2)11-8(13)10(4)9(14)12(11)7(5)3/h1-4H3/q+1. The molecule has 5 heteroatoms. The molecular weight excluding hydrogens is 182 g/mol. The third-order valence-electron chi connectivity index (χ3n) is 2.86. The summed E-state index contributed by atoms with van der Waals surface area (Å²) in [6, 6.07) is -0.576. The Labute approximate surface area is 81.5 Å². The van der Waals surface area contributed by atoms with Crippen LogP contribution in [0, 0.1) is 20.8 Å². The van der Waals surface area contributed by atoms with Gasteiger partial charge in [0.15, 0.2) is 0 Å². The van der Waals surface area contributed by atoms with Crippen molar-refractivity contribution in [3.63, 3.8) is 0 Å². The van der Waals surface area contributed by atoms with Crippen LogP contribution in [0.5, 0.6) is 0 Å². The Morgan fingerprint density at radius 1 is 1.14 bits per heavy atom. The van der Waals surface area contributed by atoms with Crippen LogP contribution in [0.1, 0.15) is 17.0 Å². The summed E-state index contributed by atoms with van der Waals surface area (Å²) in [4.78, 5) is 24.4. The molecule has 1 aliphatic heterocycles. The van der Waals surface area contributed by atoms with Crippen molar-refractivity contribution in [2.24, 2.45) is 0 Å². The first-order valence-corrected chi connectivity index (χ1v) is 4.40. The second-order valence-electron chi connectivity index (χ2n) is 3.54. The highest BCUT2D eigenvalue weighted by Gasteiger charge is 2.45. The zero-order valence-corrected chi connectivity index (χ0v) is 8.66. The molecule has 74 valence electrons. The molecule has 1 aliphatic rings. The minimum Gasteiger partial charge on any atom is -0.216 e. The van der Waals surface area contributed by atoms with Gasteiger partial charge >= 0.3 is 12.1 Å². The lowest BCUT2D eigenvalue weighted by atomic mass is 10.2. The van der Waals surface area contributed by atoms with E-state index in [1.807, 2.05) is 20.8 Å². The van der Waals surface area contributed by atoms with Crippen molar-refractivity contribution < 1.29 is 14.3 Å². The van der Waals surface area contributed by atoms with E-state index in [9.17, 15) is 9.59 Å². The van der Waals surface area contributed by atoms with Crippen LogP contribution in [0.25, 0.3) is 0 Å². The van der Waals surface area contributed by atoms with E-state index in [-0.39, 0.29) is 12.1 Å². The molecule has 0 N–H and O–H groups in total. The van der Waals surface area contributed by atoms with Gasteiger partial charge in [-0.2, -0.15) is 4.79 Å². The third-order valence-corrected chi connectivity index (χ3v) is 2.86. The summed E-state index contributed by atoms with van der Waals surface area (Å²) >= 11 is 0. The molecule has 1 aromatic heterocycles. The molecule has 0 aliphatic carbocycles. The molecule has 0 spiro atoms. The van der Waals surface area contributed by atoms with E-state index < -0.39 is 0 Å². The molecule has 5 nitrogen and oxygen atoms in total. The van der Waals surface area contributed by atoms with Gasteiger partial charge in [-0.1, -0.05) is 4.68 Å². The van der Waals surface area contributed by atoms with Crippen LogP contribution in [-0.2, 0) is 0 Å². The highest BCUT2D eigenvalue weighted by molar-refractivity contribution is 5.94. The van der Waals surface area contributed by atoms with Gasteiger partial charge in [0.1, 0.15) is 5.69 Å². The molecule has 0 unspecified atom stereocenters. The number of fused-ring (bicyclic) bond motifs is 1. The van der Waals surface area contributed by atoms with E-state index in [1.165, 1.54) is 16.4 Å². The molecule has 2 rings (SSSR count). The second-order valence-corrected chi connectivity index (χ2v) is 3.54. The van der Waals surface area contributed by atoms with E-state index in [2.05, 4.69) is 0 Å². The molecule has 0 aromatic carbocycles. The number of carbonyl (C=O) groups is 2. The van der Waals surface area contributed by atoms with Crippen LogP contribution in [0.2, 0.25) is 0 Å². The maximum absolute atomic E-state index is 11.6. The van der Waals surface area contributed by atoms with Crippen molar-refractivity contribution in [1.82, 2.24) is 9.58 Å². The van der Waals surface area contributed by atoms with E-state index in [4.69, 9.17) is 0 Å². The number of nitrogens with zero attached hydrogens (tertiary/aromatic N) is 3. The van der Waals surface area contributed by atoms with Gasteiger partial charge in [-0.25, -0.2) is 4.79 Å². The molecule has 0 radical (unpaired) electrons. The highest BCUT2D eigenvalue weighted by atomic mass is 16.2. The summed E-state index contributed by atoms with van der Waals surface area (Å²) in [5.74, 6) is 0. The fourth-order valence-electron chi connectivity index (χ4n) is 1.70. The van der Waals surface area contributed by atoms with E-state index >= 15 is 0 Å². The topological polar surface area (TPSA) is 46.2 Å². The summed E-state index contributed by atoms with van der Waals surface area (Å²) in [6.07, 6.45) is 0. The van der Waals surface area contributed by atoms with Gasteiger partial charge in [0, 0.05) is 12.5 Å². The van der Waals surface area contributed by atoms with Crippen LogP contribution >= 0.6 is 0 Å². The van der Waals surface area contributed by atoms with E-state index in [0.717, 1.165) is 21.9 Å². The lowest BCUT2D eigenvalue weighted by Crippen LogP contribution is -2.48. The fraction of sp³-hybridized carbons (Fsp3) is 0.444. The number of aromatic nitrogens is 2. The average molecular weight is 194 g/mol. The lowest BCUT2D eigenvalue weighted by Gasteiger charge is -1.95. The van der Waals surface area contributed by atoms with Crippen LogP contribution in [0.3, 0.4) is 0 Å². The van der Waals surface area contributed by atoms with E-state index in [1.54, 1.807) is 0 Å². The maximum Gasteiger partial charge on any atom is 0.526 e. The van der Waals surface area contributed by atoms with Gasteiger partial charge in [0.25, 0.3) is 0 Å². The van der Waals surface area contributed by atoms with Crippen molar-refractivity contribution in [3.8, 4) is 0 Å². The fourth-order valence-corrected chi connectivity index (χ4v) is 1.70. The van der Waals surface area contributed by atoms with Crippen molar-refractivity contribution in [3.05, 3.63) is 17.0 Å². The van der Waals surface area contributed by atoms with Gasteiger partial charge in [-0.3, -0.25) is 0 Å². The molecule has 2 heterocycles. The predicted octanol–water partition coefficient (Wildman–Crippen LogP) is 0.582. The van der Waals surface area contributed by atoms with Gasteiger partial charge < -0.3 is 0 Å². The molecule has 0 atom stereocenters. The quantitative estimate of drug-likeness (QED) is 0.567. The average Bonchev–Trinajstić information content (AvgIpc) is 2.51. The highest BCUT2D eigenvalue weighted by Crippen LogP contribution is 2.14. The molecule has 0 bridgehead atoms. The smallest absolute Gasteiger partial charge is 0.216 e. The zero-order valence-electron chi connectivity index (χ0n) is 8.66. The molecule has 0 fully saturated rings. The summed E-state index contributed by atoms with van der Waals surface area (Å²) in [5.41, 5.74) is 2.63. The molecule has 14 heavy (non-hydrogen) atoms. The van der Waals surface area contributed by atoms with Gasteiger partial charge in [0.2, 0.25) is 0 Å². The summed E-state index contributed by atoms with van der Waals surface area (Å²) in [7, 11) is 1.48. The number of imide groups is 1. The molecule has 2 amide bonds. The summed E-state index contributed by atoms with van der Waals surface area (Å²) in [6.45, 7) is 5.58. The van der Waals surface area contributed by atoms with Gasteiger partial charge in [-0.15, -0.1) is 9.58 Å². The molecular formula is C9H12N3O2+. The summed E-state index contributed by atoms with van der Waals surface area (Å²) < 4.78 is 2.82. The van der Waals surface area contributed by atoms with Gasteiger partial charge in [0.05, 0.1) is 12.7 Å². The van der Waals surface area contributed by atoms with Crippen molar-refractivity contribution in [2.45, 2.75) is 20.8 Å². The lowest BCUT2D eigenvalue weighted by molar-refractivity contribution is -0.648. The Morgan fingerprint density at radius 2 is 1.71 bits per heavy atom. The largest absolute Gasteiger partial charge is 0.526 e. The first kappa shape index (κ1) is 8.93. The van der Waals surface area contributed by atoms with Crippen molar-refractivity contribution in [2.75, 3.05) is 7.05 Å². The minimum atomic E-state index is -0.288. The Bertz CT molecular complexity index is 420. The predicted molar refractivity (Wildman–Crippen MR) is 48.2 cm³/mol. The second kappa shape index (κ2) is 2.43. The van der Waals surface area contributed by atoms with Gasteiger partial charge in [-0.05, 0) is 13.8 Å². The number of rotatable bonds is 0. The first-order chi connectivity index (χ1) is 6.46. The van der Waals surface area contributed by atoms with Crippen molar-refractivity contribution in [1.29, 1.82) is 0 Å². The number of amides is 2. The Hall–Kier alpha value is -1.65. The summed E-state index contributed by atoms with van der Waals surface area (Å²) in [5, 5.41) is 0. The Kier molecular flexibility index (Phi) is 1.55. The Balaban J connectivity index is 2.81. The van der Waals surface area contributed by atoms with E-state index in [0.29, 0.717) is 0 Å². The molecule has 1 aromatic rings. The van der Waals surface area contributed by atoms with Crippen LogP contribution in [0.15, 0.2) is 0 Å². The van der Waals surface area contributed by atoms with Crippen LogP contribution in [0.4, 0.5) is 9.59 Å². The normalized spacial score (nSPS) is 15.3. The zero-order chi connectivity index (χ0) is 10.6. The van der Waals surface area contributed by atoms with Crippen LogP contribution < -0.4 is 4.68 Å². The first-order valence-electron chi connectivity index (χ1n) is 4.40. The minimum absolute atomic E-state index is 0.288. The van der Waals surface area contributed by atoms with Crippen LogP contribution in [-0.4, -0.2) is 28.7 Å². The number of hydrogen-bond donors (Lipinski definition) is 0. The monoisotopic (exact) mass is 194 g/mol. The molecule has 0 saturated heterocycles. The number of carbonyl (C=O) groups excluding carboxylic acids is 2. The number of hydrogen-bond acceptors (Lipinski definition) is 2. The SMILES string of the molecule is Cc1c(C)n2[n+](c1C)C(=O)N(C)C2=O. The maximum atomic E-state index is 11.6. The molecule has 0 saturated carbocycles. The third kappa shape index (κ3) is 0.767.